The largest absolute Gasteiger partial charge is 0.462 e. The molecule has 0 amide bonds. The molecule has 0 radical (unpaired) electrons. The highest BCUT2D eigenvalue weighted by atomic mass is 35.5. The number of allylic oxidation sites excluding steroid dienone is 1. The van der Waals surface area contributed by atoms with Crippen molar-refractivity contribution in [3.63, 3.8) is 0 Å². The van der Waals surface area contributed by atoms with Crippen LogP contribution in [-0.2, 0) is 9.53 Å². The molecule has 0 atom stereocenters. The maximum absolute atomic E-state index is 11.8. The second-order valence-electron chi connectivity index (χ2n) is 3.86. The van der Waals surface area contributed by atoms with Crippen molar-refractivity contribution in [2.24, 2.45) is 5.73 Å². The first-order valence-corrected chi connectivity index (χ1v) is 6.93. The van der Waals surface area contributed by atoms with E-state index in [1.165, 1.54) is 0 Å². The Hall–Kier alpha value is -1.30. The van der Waals surface area contributed by atoms with Crippen LogP contribution in [0.5, 0.6) is 0 Å². The maximum Gasteiger partial charge on any atom is 0.342 e. The lowest BCUT2D eigenvalue weighted by atomic mass is 10.2. The van der Waals surface area contributed by atoms with Gasteiger partial charge in [0.1, 0.15) is 10.6 Å². The van der Waals surface area contributed by atoms with E-state index in [4.69, 9.17) is 45.9 Å². The number of carbonyl (C=O) groups is 1. The third-order valence-corrected chi connectivity index (χ3v) is 3.15. The minimum atomic E-state index is -0.580. The smallest absolute Gasteiger partial charge is 0.342 e. The van der Waals surface area contributed by atoms with Gasteiger partial charge in [-0.05, 0) is 32.0 Å². The van der Waals surface area contributed by atoms with Gasteiger partial charge in [0.15, 0.2) is 0 Å². The fraction of sp³-hybridized carbons (Fsp3) is 0.231. The predicted octanol–water partition coefficient (Wildman–Crippen LogP) is 3.53. The molecule has 0 saturated carbocycles. The number of esters is 1. The lowest BCUT2D eigenvalue weighted by Gasteiger charge is -2.13. The van der Waals surface area contributed by atoms with E-state index in [1.807, 2.05) is 0 Å². The number of hydrogen-bond acceptors (Lipinski definition) is 4. The number of rotatable bonds is 4. The Bertz CT molecular complexity index is 569. The van der Waals surface area contributed by atoms with Crippen LogP contribution >= 0.6 is 35.4 Å². The molecule has 0 heterocycles. The molecule has 0 saturated heterocycles. The molecule has 20 heavy (non-hydrogen) atoms. The molecule has 0 bridgehead atoms. The van der Waals surface area contributed by atoms with Crippen LogP contribution in [0, 0.1) is 0 Å². The summed E-state index contributed by atoms with van der Waals surface area (Å²) in [5.74, 6) is -0.580. The normalized spacial score (nSPS) is 11.6. The third-order valence-electron chi connectivity index (χ3n) is 2.28. The van der Waals surface area contributed by atoms with E-state index < -0.39 is 5.97 Å². The average Bonchev–Trinajstić information content (AvgIpc) is 2.33. The summed E-state index contributed by atoms with van der Waals surface area (Å²) in [7, 11) is 0. The molecule has 7 heteroatoms. The Morgan fingerprint density at radius 2 is 2.10 bits per heavy atom. The quantitative estimate of drug-likeness (QED) is 0.501. The summed E-state index contributed by atoms with van der Waals surface area (Å²) in [6, 6.07) is 4.87. The number of benzene rings is 1. The molecular formula is C13H14Cl2N2O2S. The van der Waals surface area contributed by atoms with Gasteiger partial charge in [-0.25, -0.2) is 4.79 Å². The van der Waals surface area contributed by atoms with E-state index in [0.29, 0.717) is 15.7 Å². The van der Waals surface area contributed by atoms with E-state index in [-0.39, 0.29) is 22.9 Å². The standard InChI is InChI=1S/C13H14Cl2N2O2S/c1-3-19-13(18)11(7(2)16)12(20)17-10-6-8(14)4-5-9(10)15/h4-6H,3,16H2,1-2H3,(H,17,20)/b11-7-. The van der Waals surface area contributed by atoms with E-state index in [9.17, 15) is 4.79 Å². The van der Waals surface area contributed by atoms with Crippen LogP contribution in [0.2, 0.25) is 10.0 Å². The Morgan fingerprint density at radius 1 is 1.45 bits per heavy atom. The number of anilines is 1. The average molecular weight is 333 g/mol. The molecule has 0 aliphatic rings. The molecule has 108 valence electrons. The van der Waals surface area contributed by atoms with E-state index in [1.54, 1.807) is 32.0 Å². The number of nitrogens with two attached hydrogens (primary N) is 1. The van der Waals surface area contributed by atoms with E-state index in [2.05, 4.69) is 5.32 Å². The van der Waals surface area contributed by atoms with Gasteiger partial charge in [0.05, 0.1) is 17.3 Å². The molecule has 0 spiro atoms. The molecule has 0 aliphatic carbocycles. The summed E-state index contributed by atoms with van der Waals surface area (Å²) in [6.07, 6.45) is 0. The Labute approximate surface area is 132 Å². The van der Waals surface area contributed by atoms with Crippen LogP contribution in [0.3, 0.4) is 0 Å². The van der Waals surface area contributed by atoms with Gasteiger partial charge in [-0.2, -0.15) is 0 Å². The van der Waals surface area contributed by atoms with Crippen LogP contribution in [0.1, 0.15) is 13.8 Å². The molecule has 4 nitrogen and oxygen atoms in total. The minimum absolute atomic E-state index is 0.109. The van der Waals surface area contributed by atoms with Gasteiger partial charge in [0, 0.05) is 10.7 Å². The number of hydrogen-bond donors (Lipinski definition) is 2. The number of ether oxygens (including phenoxy) is 1. The second kappa shape index (κ2) is 7.47. The number of halogens is 2. The molecular weight excluding hydrogens is 319 g/mol. The highest BCUT2D eigenvalue weighted by Crippen LogP contribution is 2.26. The Balaban J connectivity index is 3.01. The van der Waals surface area contributed by atoms with Gasteiger partial charge in [-0.3, -0.25) is 0 Å². The van der Waals surface area contributed by atoms with Gasteiger partial charge in [0.25, 0.3) is 0 Å². The van der Waals surface area contributed by atoms with Crippen molar-refractivity contribution in [3.05, 3.63) is 39.5 Å². The van der Waals surface area contributed by atoms with Gasteiger partial charge in [-0.1, -0.05) is 35.4 Å². The molecule has 0 aromatic heterocycles. The van der Waals surface area contributed by atoms with Crippen LogP contribution in [0.15, 0.2) is 29.5 Å². The minimum Gasteiger partial charge on any atom is -0.462 e. The van der Waals surface area contributed by atoms with E-state index >= 15 is 0 Å². The SMILES string of the molecule is CCOC(=O)/C(C(=S)Nc1cc(Cl)ccc1Cl)=C(/C)N. The molecule has 1 aromatic rings. The van der Waals surface area contributed by atoms with E-state index in [0.717, 1.165) is 0 Å². The molecule has 1 rings (SSSR count). The maximum atomic E-state index is 11.8. The molecule has 0 aliphatic heterocycles. The highest BCUT2D eigenvalue weighted by Gasteiger charge is 2.19. The van der Waals surface area contributed by atoms with Gasteiger partial charge >= 0.3 is 5.97 Å². The van der Waals surface area contributed by atoms with Crippen LogP contribution in [0.4, 0.5) is 5.69 Å². The molecule has 0 fully saturated rings. The van der Waals surface area contributed by atoms with Crippen molar-refractivity contribution >= 4 is 52.1 Å². The van der Waals surface area contributed by atoms with Crippen LogP contribution < -0.4 is 11.1 Å². The Kier molecular flexibility index (Phi) is 6.26. The molecule has 1 aromatic carbocycles. The zero-order valence-corrected chi connectivity index (χ0v) is 13.3. The van der Waals surface area contributed by atoms with Gasteiger partial charge in [-0.15, -0.1) is 0 Å². The molecule has 0 unspecified atom stereocenters. The predicted molar refractivity (Wildman–Crippen MR) is 86.2 cm³/mol. The molecule has 3 N–H and O–H groups in total. The fourth-order valence-electron chi connectivity index (χ4n) is 1.41. The summed E-state index contributed by atoms with van der Waals surface area (Å²) in [5.41, 5.74) is 6.55. The van der Waals surface area contributed by atoms with Gasteiger partial charge < -0.3 is 15.8 Å². The van der Waals surface area contributed by atoms with Crippen LogP contribution in [-0.4, -0.2) is 17.6 Å². The van der Waals surface area contributed by atoms with Crippen molar-refractivity contribution in [1.29, 1.82) is 0 Å². The summed E-state index contributed by atoms with van der Waals surface area (Å²) in [4.78, 5) is 12.0. The lowest BCUT2D eigenvalue weighted by molar-refractivity contribution is -0.137. The highest BCUT2D eigenvalue weighted by molar-refractivity contribution is 7.81. The van der Waals surface area contributed by atoms with Crippen molar-refractivity contribution in [2.45, 2.75) is 13.8 Å². The first-order valence-electron chi connectivity index (χ1n) is 5.76. The van der Waals surface area contributed by atoms with Crippen molar-refractivity contribution in [3.8, 4) is 0 Å². The third kappa shape index (κ3) is 4.37. The number of nitrogens with one attached hydrogen (secondary N) is 1. The first-order chi connectivity index (χ1) is 9.36. The number of carbonyl (C=O) groups excluding carboxylic acids is 1. The summed E-state index contributed by atoms with van der Waals surface area (Å²) < 4.78 is 4.91. The topological polar surface area (TPSA) is 64.3 Å². The lowest BCUT2D eigenvalue weighted by Crippen LogP contribution is -2.24. The zero-order chi connectivity index (χ0) is 15.3. The second-order valence-corrected chi connectivity index (χ2v) is 5.11. The summed E-state index contributed by atoms with van der Waals surface area (Å²) >= 11 is 17.1. The first kappa shape index (κ1) is 16.8. The monoisotopic (exact) mass is 332 g/mol. The van der Waals surface area contributed by atoms with Crippen LogP contribution in [0.25, 0.3) is 0 Å². The number of thiocarbonyl (C=S) groups is 1. The van der Waals surface area contributed by atoms with Crippen molar-refractivity contribution in [1.82, 2.24) is 0 Å². The van der Waals surface area contributed by atoms with Crippen molar-refractivity contribution < 1.29 is 9.53 Å². The van der Waals surface area contributed by atoms with Crippen molar-refractivity contribution in [2.75, 3.05) is 11.9 Å². The fourth-order valence-corrected chi connectivity index (χ4v) is 2.11. The van der Waals surface area contributed by atoms with Gasteiger partial charge in [0.2, 0.25) is 0 Å². The Morgan fingerprint density at radius 3 is 2.65 bits per heavy atom. The summed E-state index contributed by atoms with van der Waals surface area (Å²) in [6.45, 7) is 3.50. The summed E-state index contributed by atoms with van der Waals surface area (Å²) in [5, 5.41) is 3.77. The zero-order valence-electron chi connectivity index (χ0n) is 11.0.